The van der Waals surface area contributed by atoms with Crippen molar-refractivity contribution in [2.45, 2.75) is 0 Å². The predicted octanol–water partition coefficient (Wildman–Crippen LogP) is 5.25. The van der Waals surface area contributed by atoms with E-state index in [1.165, 1.54) is 0 Å². The summed E-state index contributed by atoms with van der Waals surface area (Å²) in [6.07, 6.45) is 0.756. The minimum atomic E-state index is 0.326. The van der Waals surface area contributed by atoms with E-state index >= 15 is 0 Å². The van der Waals surface area contributed by atoms with Gasteiger partial charge in [0.25, 0.3) is 0 Å². The lowest BCUT2D eigenvalue weighted by molar-refractivity contribution is 0.112. The summed E-state index contributed by atoms with van der Waals surface area (Å²) in [6, 6.07) is 9.68. The SMILES string of the molecule is O=Cc1ccc(Oc2c(Cl)cc(Cl)cc2Cl)cc1. The second kappa shape index (κ2) is 5.61. The van der Waals surface area contributed by atoms with Crippen molar-refractivity contribution in [3.05, 3.63) is 57.0 Å². The van der Waals surface area contributed by atoms with Crippen molar-refractivity contribution in [3.8, 4) is 11.5 Å². The lowest BCUT2D eigenvalue weighted by Gasteiger charge is -2.09. The zero-order valence-corrected chi connectivity index (χ0v) is 11.3. The average Bonchev–Trinajstić information content (AvgIpc) is 2.34. The highest BCUT2D eigenvalue weighted by atomic mass is 35.5. The molecule has 0 aliphatic carbocycles. The molecule has 0 unspecified atom stereocenters. The Bertz CT molecular complexity index is 556. The normalized spacial score (nSPS) is 10.2. The van der Waals surface area contributed by atoms with Gasteiger partial charge in [0.05, 0.1) is 10.0 Å². The molecule has 0 radical (unpaired) electrons. The molecule has 2 nitrogen and oxygen atoms in total. The number of rotatable bonds is 3. The number of carbonyl (C=O) groups excluding carboxylic acids is 1. The van der Waals surface area contributed by atoms with Crippen molar-refractivity contribution in [1.29, 1.82) is 0 Å². The van der Waals surface area contributed by atoms with Crippen LogP contribution in [0.5, 0.6) is 11.5 Å². The topological polar surface area (TPSA) is 26.3 Å². The van der Waals surface area contributed by atoms with E-state index < -0.39 is 0 Å². The van der Waals surface area contributed by atoms with Gasteiger partial charge >= 0.3 is 0 Å². The first kappa shape index (κ1) is 13.2. The molecule has 0 saturated carbocycles. The molecule has 2 aromatic rings. The predicted molar refractivity (Wildman–Crippen MR) is 73.4 cm³/mol. The van der Waals surface area contributed by atoms with Gasteiger partial charge in [-0.1, -0.05) is 34.8 Å². The second-order valence-corrected chi connectivity index (χ2v) is 4.74. The van der Waals surface area contributed by atoms with Crippen LogP contribution in [0.1, 0.15) is 10.4 Å². The van der Waals surface area contributed by atoms with E-state index in [2.05, 4.69) is 0 Å². The lowest BCUT2D eigenvalue weighted by atomic mass is 10.2. The van der Waals surface area contributed by atoms with E-state index in [-0.39, 0.29) is 0 Å². The minimum absolute atomic E-state index is 0.326. The average molecular weight is 302 g/mol. The number of hydrogen-bond acceptors (Lipinski definition) is 2. The molecular weight excluding hydrogens is 294 g/mol. The Morgan fingerprint density at radius 3 is 2.00 bits per heavy atom. The zero-order valence-electron chi connectivity index (χ0n) is 8.99. The summed E-state index contributed by atoms with van der Waals surface area (Å²) in [7, 11) is 0. The molecule has 5 heteroatoms. The molecule has 0 heterocycles. The van der Waals surface area contributed by atoms with Crippen molar-refractivity contribution in [1.82, 2.24) is 0 Å². The van der Waals surface area contributed by atoms with Crippen LogP contribution in [0.15, 0.2) is 36.4 Å². The molecule has 0 aromatic heterocycles. The van der Waals surface area contributed by atoms with Crippen molar-refractivity contribution in [3.63, 3.8) is 0 Å². The number of hydrogen-bond donors (Lipinski definition) is 0. The summed E-state index contributed by atoms with van der Waals surface area (Å²) in [5, 5.41) is 1.09. The first-order chi connectivity index (χ1) is 8.60. The Morgan fingerprint density at radius 1 is 0.944 bits per heavy atom. The molecule has 0 saturated heterocycles. The van der Waals surface area contributed by atoms with Crippen LogP contribution in [0, 0.1) is 0 Å². The highest BCUT2D eigenvalue weighted by molar-refractivity contribution is 6.40. The smallest absolute Gasteiger partial charge is 0.164 e. The highest BCUT2D eigenvalue weighted by Gasteiger charge is 2.10. The van der Waals surface area contributed by atoms with Gasteiger partial charge in [0, 0.05) is 10.6 Å². The third kappa shape index (κ3) is 2.96. The van der Waals surface area contributed by atoms with E-state index in [4.69, 9.17) is 39.5 Å². The fraction of sp³-hybridized carbons (Fsp3) is 0. The molecule has 0 bridgehead atoms. The number of carbonyl (C=O) groups is 1. The van der Waals surface area contributed by atoms with E-state index in [1.54, 1.807) is 36.4 Å². The fourth-order valence-corrected chi connectivity index (χ4v) is 2.25. The first-order valence-corrected chi connectivity index (χ1v) is 6.11. The van der Waals surface area contributed by atoms with E-state index in [9.17, 15) is 4.79 Å². The third-order valence-corrected chi connectivity index (χ3v) is 2.98. The van der Waals surface area contributed by atoms with Crippen molar-refractivity contribution in [2.24, 2.45) is 0 Å². The Hall–Kier alpha value is -1.22. The van der Waals surface area contributed by atoms with Crippen molar-refractivity contribution in [2.75, 3.05) is 0 Å². The third-order valence-electron chi connectivity index (χ3n) is 2.20. The largest absolute Gasteiger partial charge is 0.454 e. The summed E-state index contributed by atoms with van der Waals surface area (Å²) >= 11 is 17.8. The minimum Gasteiger partial charge on any atom is -0.454 e. The second-order valence-electron chi connectivity index (χ2n) is 3.49. The fourth-order valence-electron chi connectivity index (χ4n) is 1.36. The quantitative estimate of drug-likeness (QED) is 0.724. The van der Waals surface area contributed by atoms with Gasteiger partial charge in [-0.25, -0.2) is 0 Å². The molecule has 0 amide bonds. The van der Waals surface area contributed by atoms with Crippen LogP contribution in [0.2, 0.25) is 15.1 Å². The van der Waals surface area contributed by atoms with Crippen LogP contribution >= 0.6 is 34.8 Å². The van der Waals surface area contributed by atoms with Gasteiger partial charge in [0.1, 0.15) is 12.0 Å². The van der Waals surface area contributed by atoms with Gasteiger partial charge in [-0.15, -0.1) is 0 Å². The van der Waals surface area contributed by atoms with Crippen LogP contribution in [0.4, 0.5) is 0 Å². The van der Waals surface area contributed by atoms with Crippen LogP contribution in [-0.4, -0.2) is 6.29 Å². The van der Waals surface area contributed by atoms with E-state index in [0.717, 1.165) is 6.29 Å². The summed E-state index contributed by atoms with van der Waals surface area (Å²) in [6.45, 7) is 0. The van der Waals surface area contributed by atoms with Crippen LogP contribution in [-0.2, 0) is 0 Å². The van der Waals surface area contributed by atoms with Crippen LogP contribution in [0.25, 0.3) is 0 Å². The summed E-state index contributed by atoms with van der Waals surface area (Å²) in [4.78, 5) is 10.5. The monoisotopic (exact) mass is 300 g/mol. The Balaban J connectivity index is 2.30. The molecule has 2 aromatic carbocycles. The van der Waals surface area contributed by atoms with E-state index in [1.807, 2.05) is 0 Å². The molecule has 2 rings (SSSR count). The molecule has 0 N–H and O–H groups in total. The molecule has 92 valence electrons. The molecule has 0 atom stereocenters. The summed E-state index contributed by atoms with van der Waals surface area (Å²) in [5.41, 5.74) is 0.565. The molecular formula is C13H7Cl3O2. The number of halogens is 3. The van der Waals surface area contributed by atoms with Crippen molar-refractivity contribution >= 4 is 41.1 Å². The maximum atomic E-state index is 10.5. The summed E-state index contributed by atoms with van der Waals surface area (Å²) < 4.78 is 5.56. The Morgan fingerprint density at radius 2 is 1.50 bits per heavy atom. The standard InChI is InChI=1S/C13H7Cl3O2/c14-9-5-11(15)13(12(16)6-9)18-10-3-1-8(7-17)2-4-10/h1-7H. The lowest BCUT2D eigenvalue weighted by Crippen LogP contribution is -1.88. The van der Waals surface area contributed by atoms with Gasteiger partial charge in [-0.3, -0.25) is 4.79 Å². The van der Waals surface area contributed by atoms with Gasteiger partial charge in [-0.05, 0) is 36.4 Å². The molecule has 0 fully saturated rings. The number of benzene rings is 2. The van der Waals surface area contributed by atoms with Gasteiger partial charge in [0.2, 0.25) is 0 Å². The molecule has 0 spiro atoms. The molecule has 0 aliphatic heterocycles. The number of ether oxygens (including phenoxy) is 1. The first-order valence-electron chi connectivity index (χ1n) is 4.98. The zero-order chi connectivity index (χ0) is 13.1. The van der Waals surface area contributed by atoms with E-state index in [0.29, 0.717) is 32.1 Å². The summed E-state index contributed by atoms with van der Waals surface area (Å²) in [5.74, 6) is 0.869. The highest BCUT2D eigenvalue weighted by Crippen LogP contribution is 2.38. The van der Waals surface area contributed by atoms with Gasteiger partial charge in [0.15, 0.2) is 5.75 Å². The Labute approximate surface area is 119 Å². The van der Waals surface area contributed by atoms with Crippen molar-refractivity contribution < 1.29 is 9.53 Å². The molecule has 18 heavy (non-hydrogen) atoms. The maximum Gasteiger partial charge on any atom is 0.164 e. The maximum absolute atomic E-state index is 10.5. The van der Waals surface area contributed by atoms with Crippen LogP contribution in [0.3, 0.4) is 0 Å². The van der Waals surface area contributed by atoms with Gasteiger partial charge in [-0.2, -0.15) is 0 Å². The number of aldehydes is 1. The van der Waals surface area contributed by atoms with Crippen LogP contribution < -0.4 is 4.74 Å². The Kier molecular flexibility index (Phi) is 4.12. The van der Waals surface area contributed by atoms with Gasteiger partial charge < -0.3 is 4.74 Å². The molecule has 0 aliphatic rings.